The number of benzene rings is 2. The van der Waals surface area contributed by atoms with E-state index in [9.17, 15) is 14.4 Å². The zero-order valence-corrected chi connectivity index (χ0v) is 22.4. The number of aromatic nitrogens is 1. The number of para-hydroxylation sites is 1. The molecule has 0 aliphatic heterocycles. The van der Waals surface area contributed by atoms with Gasteiger partial charge in [0.05, 0.1) is 38.0 Å². The van der Waals surface area contributed by atoms with E-state index < -0.39 is 11.9 Å². The van der Waals surface area contributed by atoms with Crippen LogP contribution in [-0.2, 0) is 40.1 Å². The van der Waals surface area contributed by atoms with Gasteiger partial charge in [-0.3, -0.25) is 19.4 Å². The van der Waals surface area contributed by atoms with E-state index in [0.29, 0.717) is 19.6 Å². The van der Waals surface area contributed by atoms with Gasteiger partial charge < -0.3 is 15.2 Å². The Morgan fingerprint density at radius 3 is 2.51 bits per heavy atom. The van der Waals surface area contributed by atoms with E-state index in [1.54, 1.807) is 29.2 Å². The number of fused-ring (bicyclic) bond motifs is 1. The van der Waals surface area contributed by atoms with Gasteiger partial charge in [-0.25, -0.2) is 4.89 Å². The van der Waals surface area contributed by atoms with Crippen LogP contribution >= 0.6 is 23.0 Å². The van der Waals surface area contributed by atoms with Crippen LogP contribution in [0.5, 0.6) is 0 Å². The van der Waals surface area contributed by atoms with E-state index in [1.807, 2.05) is 48.5 Å². The van der Waals surface area contributed by atoms with Gasteiger partial charge in [-0.1, -0.05) is 48.5 Å². The zero-order valence-electron chi connectivity index (χ0n) is 20.3. The number of nitrogens with one attached hydrogen (secondary N) is 1. The Kier molecular flexibility index (Phi) is 11.7. The fourth-order valence-electron chi connectivity index (χ4n) is 3.94. The highest BCUT2D eigenvalue weighted by atomic mass is 127. The van der Waals surface area contributed by atoms with Gasteiger partial charge in [-0.2, -0.15) is 3.22 Å². The van der Waals surface area contributed by atoms with Crippen LogP contribution in [0.15, 0.2) is 54.7 Å². The summed E-state index contributed by atoms with van der Waals surface area (Å²) in [4.78, 5) is 44.6. The Morgan fingerprint density at radius 2 is 1.76 bits per heavy atom. The van der Waals surface area contributed by atoms with E-state index in [2.05, 4.69) is 13.5 Å². The van der Waals surface area contributed by atoms with Crippen molar-refractivity contribution in [2.75, 3.05) is 19.8 Å². The fourth-order valence-corrected chi connectivity index (χ4v) is 4.12. The number of hydrogen-bond acceptors (Lipinski definition) is 7. The minimum Gasteiger partial charge on any atom is -0.481 e. The van der Waals surface area contributed by atoms with Crippen molar-refractivity contribution < 1.29 is 32.3 Å². The van der Waals surface area contributed by atoms with Crippen molar-refractivity contribution in [3.63, 3.8) is 0 Å². The van der Waals surface area contributed by atoms with Crippen molar-refractivity contribution in [1.29, 1.82) is 0 Å². The topological polar surface area (TPSA) is 124 Å². The molecule has 0 saturated carbocycles. The summed E-state index contributed by atoms with van der Waals surface area (Å²) in [7, 11) is 0. The standard InChI is InChI=1S/C27H29IN2O7/c28-37-36-15-5-4-14-29-23(31)17-21-18-30-27-20(13-16-35-25(34)12-11-24(32)33)9-6-10-22(27)26(21)19-7-2-1-3-8-19/h1-3,6-10,18H,4-5,11-17H2,(H,29,31)(H,32,33). The number of hydrogen-bond donors (Lipinski definition) is 2. The Bertz CT molecular complexity index is 1200. The number of nitrogens with zero attached hydrogens (tertiary/aromatic N) is 1. The summed E-state index contributed by atoms with van der Waals surface area (Å²) in [6.07, 6.45) is 3.49. The normalized spacial score (nSPS) is 10.8. The maximum Gasteiger partial charge on any atom is 0.306 e. The quantitative estimate of drug-likeness (QED) is 0.0832. The number of amides is 1. The average Bonchev–Trinajstić information content (AvgIpc) is 2.90. The van der Waals surface area contributed by atoms with E-state index in [4.69, 9.17) is 14.7 Å². The largest absolute Gasteiger partial charge is 0.481 e. The van der Waals surface area contributed by atoms with Crippen molar-refractivity contribution in [3.05, 3.63) is 65.9 Å². The number of esters is 1. The maximum atomic E-state index is 12.7. The van der Waals surface area contributed by atoms with E-state index in [-0.39, 0.29) is 31.8 Å². The van der Waals surface area contributed by atoms with Gasteiger partial charge in [0.1, 0.15) is 0 Å². The zero-order chi connectivity index (χ0) is 26.5. The summed E-state index contributed by atoms with van der Waals surface area (Å²) in [5.41, 5.74) is 4.40. The van der Waals surface area contributed by atoms with E-state index in [1.165, 1.54) is 0 Å². The van der Waals surface area contributed by atoms with Crippen LogP contribution in [0.3, 0.4) is 0 Å². The molecule has 0 radical (unpaired) electrons. The number of ether oxygens (including phenoxy) is 1. The van der Waals surface area contributed by atoms with Crippen LogP contribution in [-0.4, -0.2) is 47.7 Å². The van der Waals surface area contributed by atoms with E-state index >= 15 is 0 Å². The predicted octanol–water partition coefficient (Wildman–Crippen LogP) is 4.59. The van der Waals surface area contributed by atoms with Gasteiger partial charge in [0.15, 0.2) is 23.0 Å². The van der Waals surface area contributed by atoms with Crippen molar-refractivity contribution in [1.82, 2.24) is 10.3 Å². The Labute approximate surface area is 229 Å². The predicted molar refractivity (Wildman–Crippen MR) is 146 cm³/mol. The number of pyridine rings is 1. The second-order valence-corrected chi connectivity index (χ2v) is 8.68. The molecular weight excluding hydrogens is 591 g/mol. The first-order valence-electron chi connectivity index (χ1n) is 12.0. The fraction of sp³-hybridized carbons (Fsp3) is 0.333. The molecule has 0 saturated heterocycles. The summed E-state index contributed by atoms with van der Waals surface area (Å²) in [6, 6.07) is 15.7. The molecule has 2 N–H and O–H groups in total. The molecule has 0 bridgehead atoms. The van der Waals surface area contributed by atoms with Crippen molar-refractivity contribution in [2.45, 2.75) is 38.5 Å². The third-order valence-corrected chi connectivity index (χ3v) is 5.93. The molecule has 0 atom stereocenters. The lowest BCUT2D eigenvalue weighted by molar-refractivity contribution is -0.166. The molecule has 1 aromatic heterocycles. The molecule has 0 spiro atoms. The highest BCUT2D eigenvalue weighted by molar-refractivity contribution is 14.1. The Morgan fingerprint density at radius 1 is 0.946 bits per heavy atom. The molecule has 1 heterocycles. The number of carboxylic acid groups (broad SMARTS) is 1. The molecule has 0 aliphatic rings. The van der Waals surface area contributed by atoms with Crippen LogP contribution in [0.4, 0.5) is 0 Å². The molecule has 0 fully saturated rings. The molecule has 1 amide bonds. The summed E-state index contributed by atoms with van der Waals surface area (Å²) >= 11 is 1.67. The van der Waals surface area contributed by atoms with Crippen LogP contribution < -0.4 is 5.32 Å². The third kappa shape index (κ3) is 9.06. The van der Waals surface area contributed by atoms with Crippen LogP contribution in [0.25, 0.3) is 22.0 Å². The number of carboxylic acids is 1. The Hall–Kier alpha value is -3.09. The van der Waals surface area contributed by atoms with Gasteiger partial charge in [0, 0.05) is 24.5 Å². The number of carbonyl (C=O) groups excluding carboxylic acids is 2. The molecule has 10 heteroatoms. The van der Waals surface area contributed by atoms with Crippen molar-refractivity contribution >= 4 is 51.8 Å². The number of unbranched alkanes of at least 4 members (excludes halogenated alkanes) is 1. The summed E-state index contributed by atoms with van der Waals surface area (Å²) < 4.78 is 9.74. The van der Waals surface area contributed by atoms with Crippen molar-refractivity contribution in [2.24, 2.45) is 0 Å². The smallest absolute Gasteiger partial charge is 0.306 e. The molecule has 0 unspecified atom stereocenters. The van der Waals surface area contributed by atoms with E-state index in [0.717, 1.165) is 46.0 Å². The average molecular weight is 620 g/mol. The molecule has 9 nitrogen and oxygen atoms in total. The number of aliphatic carboxylic acids is 1. The summed E-state index contributed by atoms with van der Waals surface area (Å²) in [6.45, 7) is 1.13. The lowest BCUT2D eigenvalue weighted by atomic mass is 9.93. The minimum absolute atomic E-state index is 0.0891. The second-order valence-electron chi connectivity index (χ2n) is 8.32. The van der Waals surface area contributed by atoms with Crippen LogP contribution in [0, 0.1) is 0 Å². The third-order valence-electron chi connectivity index (χ3n) is 5.67. The highest BCUT2D eigenvalue weighted by Gasteiger charge is 2.16. The molecule has 3 aromatic rings. The molecule has 2 aromatic carbocycles. The number of carbonyl (C=O) groups is 3. The highest BCUT2D eigenvalue weighted by Crippen LogP contribution is 2.33. The molecule has 37 heavy (non-hydrogen) atoms. The van der Waals surface area contributed by atoms with Gasteiger partial charge in [0.25, 0.3) is 0 Å². The van der Waals surface area contributed by atoms with Crippen molar-refractivity contribution in [3.8, 4) is 11.1 Å². The SMILES string of the molecule is O=C(O)CCC(=O)OCCc1cccc2c(-c3ccccc3)c(CC(=O)NCCCCOOI)cnc12. The first-order valence-corrected chi connectivity index (χ1v) is 12.9. The summed E-state index contributed by atoms with van der Waals surface area (Å²) in [5, 5.41) is 12.6. The minimum atomic E-state index is -1.04. The summed E-state index contributed by atoms with van der Waals surface area (Å²) in [5.74, 6) is -1.67. The lowest BCUT2D eigenvalue weighted by Crippen LogP contribution is -2.26. The molecule has 3 rings (SSSR count). The van der Waals surface area contributed by atoms with Gasteiger partial charge >= 0.3 is 11.9 Å². The van der Waals surface area contributed by atoms with Gasteiger partial charge in [-0.05, 0) is 35.1 Å². The molecule has 196 valence electrons. The first-order chi connectivity index (χ1) is 18.0. The van der Waals surface area contributed by atoms with Crippen LogP contribution in [0.2, 0.25) is 0 Å². The lowest BCUT2D eigenvalue weighted by Gasteiger charge is -2.15. The maximum absolute atomic E-state index is 12.7. The first kappa shape index (κ1) is 28.5. The number of halogens is 1. The number of rotatable bonds is 15. The molecular formula is C27H29IN2O7. The molecule has 0 aliphatic carbocycles. The monoisotopic (exact) mass is 620 g/mol. The Balaban J connectivity index is 1.77. The second kappa shape index (κ2) is 15.2. The van der Waals surface area contributed by atoms with Gasteiger partial charge in [0.2, 0.25) is 5.91 Å². The van der Waals surface area contributed by atoms with Crippen LogP contribution in [0.1, 0.15) is 36.8 Å². The van der Waals surface area contributed by atoms with Gasteiger partial charge in [-0.15, -0.1) is 0 Å².